The number of pyridine rings is 1. The Hall–Kier alpha value is -2.09. The van der Waals surface area contributed by atoms with Crippen LogP contribution in [0.3, 0.4) is 0 Å². The summed E-state index contributed by atoms with van der Waals surface area (Å²) < 4.78 is 18.2. The number of ether oxygens (including phenoxy) is 1. The number of hydrogen-bond donors (Lipinski definition) is 1. The summed E-state index contributed by atoms with van der Waals surface area (Å²) >= 11 is 0. The first kappa shape index (κ1) is 12.0. The first-order valence-corrected chi connectivity index (χ1v) is 4.63. The van der Waals surface area contributed by atoms with Gasteiger partial charge in [0.2, 0.25) is 0 Å². The van der Waals surface area contributed by atoms with Crippen molar-refractivity contribution in [3.05, 3.63) is 24.3 Å². The van der Waals surface area contributed by atoms with Crippen LogP contribution in [0.2, 0.25) is 0 Å². The highest BCUT2D eigenvalue weighted by molar-refractivity contribution is 5.80. The van der Waals surface area contributed by atoms with Gasteiger partial charge in [0, 0.05) is 6.20 Å². The largest absolute Gasteiger partial charge is 0.476 e. The van der Waals surface area contributed by atoms with Gasteiger partial charge in [0.25, 0.3) is 11.9 Å². The van der Waals surface area contributed by atoms with E-state index in [0.29, 0.717) is 0 Å². The van der Waals surface area contributed by atoms with E-state index >= 15 is 0 Å². The molecular weight excluding hydrogens is 211 g/mol. The molecule has 0 bridgehead atoms. The van der Waals surface area contributed by atoms with Crippen LogP contribution in [0.25, 0.3) is 0 Å². The maximum Gasteiger partial charge on any atom is 0.261 e. The zero-order valence-electron chi connectivity index (χ0n) is 8.74. The van der Waals surface area contributed by atoms with Crippen molar-refractivity contribution < 1.29 is 13.9 Å². The standard InChI is InChI=1S/C11H11FN2O2/c1-3-6-14-11(15)8(2)16-9-5-4-7-13-10(9)12/h1,4-5,7-8H,6H2,2H3,(H,14,15). The van der Waals surface area contributed by atoms with Gasteiger partial charge < -0.3 is 10.1 Å². The fraction of sp³-hybridized carbons (Fsp3) is 0.273. The number of nitrogens with zero attached hydrogens (tertiary/aromatic N) is 1. The molecule has 0 aromatic carbocycles. The Morgan fingerprint density at radius 3 is 3.19 bits per heavy atom. The second kappa shape index (κ2) is 5.71. The predicted molar refractivity (Wildman–Crippen MR) is 56.1 cm³/mol. The molecule has 0 saturated carbocycles. The van der Waals surface area contributed by atoms with E-state index in [-0.39, 0.29) is 12.3 Å². The van der Waals surface area contributed by atoms with E-state index in [2.05, 4.69) is 16.2 Å². The topological polar surface area (TPSA) is 51.2 Å². The Kier molecular flexibility index (Phi) is 4.28. The van der Waals surface area contributed by atoms with Crippen molar-refractivity contribution in [2.75, 3.05) is 6.54 Å². The highest BCUT2D eigenvalue weighted by Gasteiger charge is 2.15. The fourth-order valence-corrected chi connectivity index (χ4v) is 0.985. The zero-order chi connectivity index (χ0) is 12.0. The van der Waals surface area contributed by atoms with Crippen molar-refractivity contribution in [2.24, 2.45) is 0 Å². The van der Waals surface area contributed by atoms with E-state index in [9.17, 15) is 9.18 Å². The maximum absolute atomic E-state index is 13.1. The van der Waals surface area contributed by atoms with Crippen LogP contribution in [0.4, 0.5) is 4.39 Å². The minimum Gasteiger partial charge on any atom is -0.476 e. The van der Waals surface area contributed by atoms with Crippen LogP contribution in [0.15, 0.2) is 18.3 Å². The molecule has 1 aromatic rings. The molecule has 1 atom stereocenters. The molecule has 0 radical (unpaired) electrons. The molecule has 0 aliphatic carbocycles. The van der Waals surface area contributed by atoms with Crippen molar-refractivity contribution in [1.29, 1.82) is 0 Å². The first-order valence-electron chi connectivity index (χ1n) is 4.63. The third-order valence-electron chi connectivity index (χ3n) is 1.76. The molecule has 1 aromatic heterocycles. The van der Waals surface area contributed by atoms with Gasteiger partial charge in [0.1, 0.15) is 0 Å². The van der Waals surface area contributed by atoms with Gasteiger partial charge in [0.15, 0.2) is 11.9 Å². The lowest BCUT2D eigenvalue weighted by molar-refractivity contribution is -0.127. The molecule has 1 unspecified atom stereocenters. The number of nitrogens with one attached hydrogen (secondary N) is 1. The number of carbonyl (C=O) groups excluding carboxylic acids is 1. The van der Waals surface area contributed by atoms with Gasteiger partial charge in [0.05, 0.1) is 6.54 Å². The van der Waals surface area contributed by atoms with Gasteiger partial charge in [-0.3, -0.25) is 4.79 Å². The summed E-state index contributed by atoms with van der Waals surface area (Å²) in [6, 6.07) is 2.91. The number of halogens is 1. The molecule has 16 heavy (non-hydrogen) atoms. The van der Waals surface area contributed by atoms with Gasteiger partial charge in [-0.2, -0.15) is 4.39 Å². The molecule has 4 nitrogen and oxygen atoms in total. The Bertz CT molecular complexity index is 415. The molecule has 5 heteroatoms. The average molecular weight is 222 g/mol. The summed E-state index contributed by atoms with van der Waals surface area (Å²) in [6.45, 7) is 1.61. The Balaban J connectivity index is 2.58. The second-order valence-electron chi connectivity index (χ2n) is 2.97. The quantitative estimate of drug-likeness (QED) is 0.603. The Morgan fingerprint density at radius 1 is 1.81 bits per heavy atom. The molecule has 1 N–H and O–H groups in total. The highest BCUT2D eigenvalue weighted by Crippen LogP contribution is 2.14. The SMILES string of the molecule is C#CCNC(=O)C(C)Oc1cccnc1F. The van der Waals surface area contributed by atoms with Crippen LogP contribution in [0, 0.1) is 18.3 Å². The van der Waals surface area contributed by atoms with Crippen LogP contribution in [0.5, 0.6) is 5.75 Å². The summed E-state index contributed by atoms with van der Waals surface area (Å²) in [5, 5.41) is 2.43. The summed E-state index contributed by atoms with van der Waals surface area (Å²) in [4.78, 5) is 14.7. The van der Waals surface area contributed by atoms with E-state index in [1.54, 1.807) is 0 Å². The molecule has 84 valence electrons. The zero-order valence-corrected chi connectivity index (χ0v) is 8.74. The van der Waals surface area contributed by atoms with E-state index in [1.165, 1.54) is 25.3 Å². The maximum atomic E-state index is 13.1. The van der Waals surface area contributed by atoms with Gasteiger partial charge >= 0.3 is 0 Å². The van der Waals surface area contributed by atoms with Crippen molar-refractivity contribution in [2.45, 2.75) is 13.0 Å². The molecule has 0 spiro atoms. The first-order chi connectivity index (χ1) is 7.65. The summed E-state index contributed by atoms with van der Waals surface area (Å²) in [5.41, 5.74) is 0. The third-order valence-corrected chi connectivity index (χ3v) is 1.76. The highest BCUT2D eigenvalue weighted by atomic mass is 19.1. The normalized spacial score (nSPS) is 11.3. The second-order valence-corrected chi connectivity index (χ2v) is 2.97. The average Bonchev–Trinajstić information content (AvgIpc) is 2.28. The number of hydrogen-bond acceptors (Lipinski definition) is 3. The summed E-state index contributed by atoms with van der Waals surface area (Å²) in [5.74, 6) is 1.04. The van der Waals surface area contributed by atoms with E-state index < -0.39 is 18.0 Å². The molecule has 0 aliphatic rings. The molecule has 0 fully saturated rings. The van der Waals surface area contributed by atoms with E-state index in [1.807, 2.05) is 0 Å². The lowest BCUT2D eigenvalue weighted by atomic mass is 10.3. The minimum atomic E-state index is -0.827. The minimum absolute atomic E-state index is 0.0640. The number of terminal acetylenes is 1. The van der Waals surface area contributed by atoms with Crippen molar-refractivity contribution in [1.82, 2.24) is 10.3 Å². The van der Waals surface area contributed by atoms with Crippen LogP contribution in [0.1, 0.15) is 6.92 Å². The molecule has 0 saturated heterocycles. The molecular formula is C11H11FN2O2. The lowest BCUT2D eigenvalue weighted by Gasteiger charge is -2.13. The molecule has 1 rings (SSSR count). The lowest BCUT2D eigenvalue weighted by Crippen LogP contribution is -2.36. The molecule has 1 heterocycles. The van der Waals surface area contributed by atoms with Crippen LogP contribution >= 0.6 is 0 Å². The number of aromatic nitrogens is 1. The summed E-state index contributed by atoms with van der Waals surface area (Å²) in [7, 11) is 0. The van der Waals surface area contributed by atoms with Gasteiger partial charge in [-0.25, -0.2) is 4.98 Å². The smallest absolute Gasteiger partial charge is 0.261 e. The van der Waals surface area contributed by atoms with Crippen LogP contribution in [-0.2, 0) is 4.79 Å². The number of rotatable bonds is 4. The monoisotopic (exact) mass is 222 g/mol. The van der Waals surface area contributed by atoms with Crippen molar-refractivity contribution >= 4 is 5.91 Å². The van der Waals surface area contributed by atoms with Gasteiger partial charge in [-0.1, -0.05) is 5.92 Å². The fourth-order valence-electron chi connectivity index (χ4n) is 0.985. The molecule has 0 aliphatic heterocycles. The summed E-state index contributed by atoms with van der Waals surface area (Å²) in [6.07, 6.45) is 5.45. The van der Waals surface area contributed by atoms with Gasteiger partial charge in [-0.15, -0.1) is 6.42 Å². The van der Waals surface area contributed by atoms with Crippen molar-refractivity contribution in [3.8, 4) is 18.1 Å². The predicted octanol–water partition coefficient (Wildman–Crippen LogP) is 0.737. The van der Waals surface area contributed by atoms with Crippen LogP contribution in [-0.4, -0.2) is 23.5 Å². The Labute approximate surface area is 92.8 Å². The number of amides is 1. The van der Waals surface area contributed by atoms with Crippen molar-refractivity contribution in [3.63, 3.8) is 0 Å². The molecule has 1 amide bonds. The van der Waals surface area contributed by atoms with E-state index in [4.69, 9.17) is 11.2 Å². The van der Waals surface area contributed by atoms with E-state index in [0.717, 1.165) is 0 Å². The Morgan fingerprint density at radius 2 is 2.56 bits per heavy atom. The third kappa shape index (κ3) is 3.24. The van der Waals surface area contributed by atoms with Crippen LogP contribution < -0.4 is 10.1 Å². The van der Waals surface area contributed by atoms with Gasteiger partial charge in [-0.05, 0) is 19.1 Å². The number of carbonyl (C=O) groups is 1.